The van der Waals surface area contributed by atoms with Crippen LogP contribution in [0.25, 0.3) is 0 Å². The number of allylic oxidation sites excluding steroid dienone is 2. The summed E-state index contributed by atoms with van der Waals surface area (Å²) >= 11 is 0. The minimum Gasteiger partial charge on any atom is -0.344 e. The maximum absolute atomic E-state index is 4.85. The molecule has 0 aromatic carbocycles. The Morgan fingerprint density at radius 1 is 1.38 bits per heavy atom. The fourth-order valence-electron chi connectivity index (χ4n) is 0.427. The Morgan fingerprint density at radius 2 is 1.62 bits per heavy atom. The highest BCUT2D eigenvalue weighted by molar-refractivity contribution is 4.86. The van der Waals surface area contributed by atoms with Crippen molar-refractivity contribution in [3.8, 4) is 0 Å². The molecule has 0 aromatic rings. The lowest BCUT2D eigenvalue weighted by Crippen LogP contribution is -1.87. The van der Waals surface area contributed by atoms with E-state index in [-0.39, 0.29) is 6.15 Å². The molecule has 0 rings (SSSR count). The minimum absolute atomic E-state index is 0. The zero-order chi connectivity index (χ0) is 10.4. The molecular weight excluding hydrogens is 160 g/mol. The van der Waals surface area contributed by atoms with Gasteiger partial charge in [0.05, 0.1) is 0 Å². The molecule has 0 amide bonds. The Labute approximate surface area is 84.5 Å². The van der Waals surface area contributed by atoms with Crippen LogP contribution in [0.1, 0.15) is 40.5 Å². The van der Waals surface area contributed by atoms with Crippen molar-refractivity contribution in [2.75, 3.05) is 6.54 Å². The van der Waals surface area contributed by atoms with E-state index in [4.69, 9.17) is 5.73 Å². The van der Waals surface area contributed by atoms with E-state index in [0.29, 0.717) is 0 Å². The molecular formula is C11H28N2. The molecule has 13 heavy (non-hydrogen) atoms. The van der Waals surface area contributed by atoms with Gasteiger partial charge in [-0.3, -0.25) is 0 Å². The lowest BCUT2D eigenvalue weighted by Gasteiger charge is -1.87. The Kier molecular flexibility index (Phi) is 52.9. The van der Waals surface area contributed by atoms with Crippen LogP contribution >= 0.6 is 0 Å². The van der Waals surface area contributed by atoms with E-state index in [1.807, 2.05) is 13.8 Å². The van der Waals surface area contributed by atoms with Crippen molar-refractivity contribution >= 4 is 0 Å². The molecule has 0 spiro atoms. The molecule has 0 radical (unpaired) electrons. The lowest BCUT2D eigenvalue weighted by atomic mass is 10.2. The van der Waals surface area contributed by atoms with Crippen LogP contribution in [0.2, 0.25) is 0 Å². The Bertz CT molecular complexity index is 88.1. The van der Waals surface area contributed by atoms with Gasteiger partial charge in [0.1, 0.15) is 0 Å². The quantitative estimate of drug-likeness (QED) is 0.649. The van der Waals surface area contributed by atoms with Gasteiger partial charge in [-0.25, -0.2) is 0 Å². The summed E-state index contributed by atoms with van der Waals surface area (Å²) in [4.78, 5) is 0. The summed E-state index contributed by atoms with van der Waals surface area (Å²) in [6, 6.07) is 0. The molecule has 0 aliphatic rings. The SMILES string of the molecule is C=C(C)CCC.C=CC.CCN.N. The zero-order valence-electron chi connectivity index (χ0n) is 9.90. The lowest BCUT2D eigenvalue weighted by molar-refractivity contribution is 0.910. The molecule has 0 fully saturated rings. The third-order valence-electron chi connectivity index (χ3n) is 0.677. The largest absolute Gasteiger partial charge is 0.344 e. The predicted octanol–water partition coefficient (Wildman–Crippen LogP) is 3.68. The Balaban J connectivity index is -0.0000000501. The molecule has 2 heteroatoms. The van der Waals surface area contributed by atoms with Crippen LogP contribution in [0.4, 0.5) is 0 Å². The fourth-order valence-corrected chi connectivity index (χ4v) is 0.427. The van der Waals surface area contributed by atoms with Crippen molar-refractivity contribution in [3.05, 3.63) is 24.8 Å². The molecule has 0 aliphatic heterocycles. The topological polar surface area (TPSA) is 61.0 Å². The van der Waals surface area contributed by atoms with E-state index >= 15 is 0 Å². The van der Waals surface area contributed by atoms with E-state index in [2.05, 4.69) is 27.0 Å². The van der Waals surface area contributed by atoms with Crippen molar-refractivity contribution < 1.29 is 0 Å². The molecule has 0 saturated carbocycles. The molecule has 0 aromatic heterocycles. The molecule has 2 nitrogen and oxygen atoms in total. The van der Waals surface area contributed by atoms with Crippen molar-refractivity contribution in [3.63, 3.8) is 0 Å². The van der Waals surface area contributed by atoms with Crippen LogP contribution in [0, 0.1) is 0 Å². The molecule has 0 heterocycles. The smallest absolute Gasteiger partial charge is 0.0106 e. The third kappa shape index (κ3) is 175. The second kappa shape index (κ2) is 30.1. The van der Waals surface area contributed by atoms with Gasteiger partial charge in [-0.2, -0.15) is 0 Å². The third-order valence-corrected chi connectivity index (χ3v) is 0.677. The van der Waals surface area contributed by atoms with Gasteiger partial charge in [0, 0.05) is 0 Å². The highest BCUT2D eigenvalue weighted by Crippen LogP contribution is 1.96. The van der Waals surface area contributed by atoms with Gasteiger partial charge in [0.2, 0.25) is 0 Å². The van der Waals surface area contributed by atoms with Crippen molar-refractivity contribution in [2.24, 2.45) is 5.73 Å². The monoisotopic (exact) mass is 188 g/mol. The number of rotatable bonds is 2. The minimum atomic E-state index is 0. The molecule has 0 unspecified atom stereocenters. The highest BCUT2D eigenvalue weighted by Gasteiger charge is 1.76. The summed E-state index contributed by atoms with van der Waals surface area (Å²) in [6.45, 7) is 15.9. The van der Waals surface area contributed by atoms with E-state index < -0.39 is 0 Å². The van der Waals surface area contributed by atoms with Crippen LogP contribution in [-0.2, 0) is 0 Å². The highest BCUT2D eigenvalue weighted by atomic mass is 14.5. The van der Waals surface area contributed by atoms with Gasteiger partial charge in [-0.1, -0.05) is 31.9 Å². The fraction of sp³-hybridized carbons (Fsp3) is 0.636. The van der Waals surface area contributed by atoms with Gasteiger partial charge in [-0.05, 0) is 26.8 Å². The van der Waals surface area contributed by atoms with Gasteiger partial charge in [0.15, 0.2) is 0 Å². The molecule has 82 valence electrons. The summed E-state index contributed by atoms with van der Waals surface area (Å²) < 4.78 is 0. The van der Waals surface area contributed by atoms with Crippen LogP contribution in [0.5, 0.6) is 0 Å². The summed E-state index contributed by atoms with van der Waals surface area (Å²) in [5.74, 6) is 0. The maximum Gasteiger partial charge on any atom is -0.0106 e. The predicted molar refractivity (Wildman–Crippen MR) is 65.3 cm³/mol. The first-order valence-corrected chi connectivity index (χ1v) is 4.52. The van der Waals surface area contributed by atoms with Gasteiger partial charge < -0.3 is 11.9 Å². The number of hydrogen-bond acceptors (Lipinski definition) is 2. The van der Waals surface area contributed by atoms with E-state index in [9.17, 15) is 0 Å². The van der Waals surface area contributed by atoms with E-state index in [1.54, 1.807) is 6.08 Å². The molecule has 0 aliphatic carbocycles. The van der Waals surface area contributed by atoms with Crippen LogP contribution < -0.4 is 11.9 Å². The summed E-state index contributed by atoms with van der Waals surface area (Å²) in [7, 11) is 0. The van der Waals surface area contributed by atoms with Gasteiger partial charge in [0.25, 0.3) is 0 Å². The summed E-state index contributed by atoms with van der Waals surface area (Å²) in [5.41, 5.74) is 6.14. The van der Waals surface area contributed by atoms with Gasteiger partial charge in [-0.15, -0.1) is 13.2 Å². The second-order valence-electron chi connectivity index (χ2n) is 2.52. The molecule has 0 saturated heterocycles. The van der Waals surface area contributed by atoms with E-state index in [1.165, 1.54) is 18.4 Å². The standard InChI is InChI=1S/C6H12.C3H6.C2H7N.H3N/c1-4-5-6(2)3;1-3-2;1-2-3;/h2,4-5H2,1,3H3;3H,1H2,2H3;2-3H2,1H3;1H3. The summed E-state index contributed by atoms with van der Waals surface area (Å²) in [5, 5.41) is 0. The normalized spacial score (nSPS) is 6.23. The molecule has 0 bridgehead atoms. The average molecular weight is 188 g/mol. The Morgan fingerprint density at radius 3 is 1.62 bits per heavy atom. The second-order valence-corrected chi connectivity index (χ2v) is 2.52. The first kappa shape index (κ1) is 22.8. The maximum atomic E-state index is 4.85. The van der Waals surface area contributed by atoms with E-state index in [0.717, 1.165) is 6.54 Å². The molecule has 5 N–H and O–H groups in total. The number of nitrogens with two attached hydrogens (primary N) is 1. The van der Waals surface area contributed by atoms with Gasteiger partial charge >= 0.3 is 0 Å². The van der Waals surface area contributed by atoms with Crippen LogP contribution in [0.15, 0.2) is 24.8 Å². The summed E-state index contributed by atoms with van der Waals surface area (Å²) in [6.07, 6.45) is 4.16. The van der Waals surface area contributed by atoms with Crippen LogP contribution in [0.3, 0.4) is 0 Å². The van der Waals surface area contributed by atoms with Crippen molar-refractivity contribution in [2.45, 2.75) is 40.5 Å². The van der Waals surface area contributed by atoms with Crippen molar-refractivity contribution in [1.82, 2.24) is 6.15 Å². The average Bonchev–Trinajstić information content (AvgIpc) is 1.89. The van der Waals surface area contributed by atoms with Crippen LogP contribution in [-0.4, -0.2) is 6.54 Å². The Hall–Kier alpha value is -0.600. The zero-order valence-corrected chi connectivity index (χ0v) is 9.90. The van der Waals surface area contributed by atoms with Crippen molar-refractivity contribution in [1.29, 1.82) is 0 Å². The first-order chi connectivity index (χ1) is 5.60. The first-order valence-electron chi connectivity index (χ1n) is 4.52. The molecule has 0 atom stereocenters. The number of hydrogen-bond donors (Lipinski definition) is 2.